The second kappa shape index (κ2) is 7.05. The lowest BCUT2D eigenvalue weighted by Crippen LogP contribution is -2.52. The molecular weight excluding hydrogens is 206 g/mol. The first-order valence-corrected chi connectivity index (χ1v) is 4.76. The molecule has 92 valence electrons. The van der Waals surface area contributed by atoms with Crippen molar-refractivity contribution >= 4 is 0 Å². The van der Waals surface area contributed by atoms with Crippen molar-refractivity contribution in [2.24, 2.45) is 5.73 Å². The number of ether oxygens (including phenoxy) is 2. The topological polar surface area (TPSA) is 56.5 Å². The molecule has 0 radical (unpaired) electrons. The van der Waals surface area contributed by atoms with Crippen LogP contribution in [0.3, 0.4) is 0 Å². The van der Waals surface area contributed by atoms with Crippen molar-refractivity contribution in [3.8, 4) is 0 Å². The lowest BCUT2D eigenvalue weighted by molar-refractivity contribution is -0.117. The normalized spacial score (nSPS) is 16.0. The summed E-state index contributed by atoms with van der Waals surface area (Å²) in [6.45, 7) is 1.62. The second-order valence-electron chi connectivity index (χ2n) is 3.64. The number of halogens is 2. The second-order valence-corrected chi connectivity index (χ2v) is 3.64. The molecule has 15 heavy (non-hydrogen) atoms. The van der Waals surface area contributed by atoms with Crippen LogP contribution in [0.15, 0.2) is 0 Å². The van der Waals surface area contributed by atoms with Crippen molar-refractivity contribution in [2.45, 2.75) is 31.6 Å². The largest absolute Gasteiger partial charge is 0.356 e. The van der Waals surface area contributed by atoms with Gasteiger partial charge in [-0.2, -0.15) is 0 Å². The molecule has 1 atom stereocenters. The maximum atomic E-state index is 12.0. The molecule has 3 N–H and O–H groups in total. The van der Waals surface area contributed by atoms with Gasteiger partial charge >= 0.3 is 0 Å². The average molecular weight is 226 g/mol. The van der Waals surface area contributed by atoms with E-state index in [0.29, 0.717) is 6.42 Å². The Morgan fingerprint density at radius 2 is 1.87 bits per heavy atom. The number of nitrogens with two attached hydrogens (primary N) is 1. The fourth-order valence-electron chi connectivity index (χ4n) is 1.18. The molecule has 0 aliphatic carbocycles. The van der Waals surface area contributed by atoms with Crippen molar-refractivity contribution in [3.63, 3.8) is 0 Å². The van der Waals surface area contributed by atoms with Gasteiger partial charge in [-0.25, -0.2) is 8.78 Å². The molecule has 6 heteroatoms. The first-order valence-electron chi connectivity index (χ1n) is 4.76. The van der Waals surface area contributed by atoms with Crippen molar-refractivity contribution < 1.29 is 18.3 Å². The maximum Gasteiger partial charge on any atom is 0.250 e. The van der Waals surface area contributed by atoms with Gasteiger partial charge in [-0.15, -0.1) is 0 Å². The Labute approximate surface area is 89.1 Å². The van der Waals surface area contributed by atoms with Crippen LogP contribution in [0.5, 0.6) is 0 Å². The van der Waals surface area contributed by atoms with Crippen LogP contribution in [0.2, 0.25) is 0 Å². The summed E-state index contributed by atoms with van der Waals surface area (Å²) in [6.07, 6.45) is -2.41. The Bertz CT molecular complexity index is 168. The smallest absolute Gasteiger partial charge is 0.250 e. The van der Waals surface area contributed by atoms with Gasteiger partial charge in [0.05, 0.1) is 6.54 Å². The molecule has 0 aliphatic rings. The Balaban J connectivity index is 4.16. The van der Waals surface area contributed by atoms with E-state index in [-0.39, 0.29) is 13.1 Å². The van der Waals surface area contributed by atoms with Crippen LogP contribution in [0, 0.1) is 0 Å². The van der Waals surface area contributed by atoms with Crippen molar-refractivity contribution in [1.29, 1.82) is 0 Å². The lowest BCUT2D eigenvalue weighted by Gasteiger charge is -2.32. The van der Waals surface area contributed by atoms with Gasteiger partial charge in [-0.1, -0.05) is 0 Å². The molecule has 0 amide bonds. The first kappa shape index (κ1) is 14.7. The summed E-state index contributed by atoms with van der Waals surface area (Å²) in [5, 5.41) is 2.71. The number of hydrogen-bond acceptors (Lipinski definition) is 4. The number of alkyl halides is 2. The molecule has 4 nitrogen and oxygen atoms in total. The highest BCUT2D eigenvalue weighted by molar-refractivity contribution is 4.85. The number of methoxy groups -OCH3 is 2. The quantitative estimate of drug-likeness (QED) is 0.594. The zero-order valence-corrected chi connectivity index (χ0v) is 9.43. The molecule has 0 aromatic heterocycles. The van der Waals surface area contributed by atoms with Crippen LogP contribution >= 0.6 is 0 Å². The van der Waals surface area contributed by atoms with Gasteiger partial charge in [0.25, 0.3) is 6.43 Å². The molecule has 0 saturated heterocycles. The molecule has 0 saturated carbocycles. The van der Waals surface area contributed by atoms with Crippen molar-refractivity contribution in [1.82, 2.24) is 5.32 Å². The highest BCUT2D eigenvalue weighted by atomic mass is 19.3. The van der Waals surface area contributed by atoms with E-state index >= 15 is 0 Å². The zero-order valence-electron chi connectivity index (χ0n) is 9.43. The summed E-state index contributed by atoms with van der Waals surface area (Å²) in [4.78, 5) is 0. The third kappa shape index (κ3) is 5.99. The summed E-state index contributed by atoms with van der Waals surface area (Å²) in [5.74, 6) is 0. The van der Waals surface area contributed by atoms with E-state index in [4.69, 9.17) is 15.2 Å². The molecule has 0 fully saturated rings. The minimum atomic E-state index is -2.39. The number of nitrogens with one attached hydrogen (secondary N) is 1. The molecule has 0 aliphatic heterocycles. The molecule has 0 heterocycles. The summed E-state index contributed by atoms with van der Waals surface area (Å²) < 4.78 is 34.1. The Morgan fingerprint density at radius 3 is 2.20 bits per heavy atom. The first-order chi connectivity index (χ1) is 6.97. The van der Waals surface area contributed by atoms with Gasteiger partial charge in [0.15, 0.2) is 6.29 Å². The predicted octanol–water partition coefficient (Wildman–Crippen LogP) is 0.568. The van der Waals surface area contributed by atoms with Gasteiger partial charge < -0.3 is 20.5 Å². The number of hydrogen-bond donors (Lipinski definition) is 2. The SMILES string of the molecule is COC(CC(C)(CN)NCC(F)F)OC. The zero-order chi connectivity index (χ0) is 11.9. The van der Waals surface area contributed by atoms with E-state index in [0.717, 1.165) is 0 Å². The third-order valence-electron chi connectivity index (χ3n) is 2.28. The fourth-order valence-corrected chi connectivity index (χ4v) is 1.18. The third-order valence-corrected chi connectivity index (χ3v) is 2.28. The molecular formula is C9H20F2N2O2. The minimum absolute atomic E-state index is 0.239. The van der Waals surface area contributed by atoms with Crippen LogP contribution in [0.25, 0.3) is 0 Å². The van der Waals surface area contributed by atoms with E-state index < -0.39 is 18.3 Å². The van der Waals surface area contributed by atoms with Crippen LogP contribution in [-0.4, -0.2) is 45.6 Å². The average Bonchev–Trinajstić information content (AvgIpc) is 2.23. The van der Waals surface area contributed by atoms with E-state index in [1.165, 1.54) is 14.2 Å². The molecule has 0 aromatic rings. The van der Waals surface area contributed by atoms with E-state index in [1.807, 2.05) is 0 Å². The molecule has 0 spiro atoms. The van der Waals surface area contributed by atoms with Crippen molar-refractivity contribution in [3.05, 3.63) is 0 Å². The van der Waals surface area contributed by atoms with Gasteiger partial charge in [-0.05, 0) is 6.92 Å². The summed E-state index contributed by atoms with van der Waals surface area (Å²) in [7, 11) is 3.00. The van der Waals surface area contributed by atoms with Crippen LogP contribution in [0.4, 0.5) is 8.78 Å². The maximum absolute atomic E-state index is 12.0. The van der Waals surface area contributed by atoms with Gasteiger partial charge in [0, 0.05) is 32.7 Å². The molecule has 0 rings (SSSR count). The Hall–Kier alpha value is -0.300. The molecule has 0 aromatic carbocycles. The lowest BCUT2D eigenvalue weighted by atomic mass is 9.97. The van der Waals surface area contributed by atoms with Crippen LogP contribution < -0.4 is 11.1 Å². The fraction of sp³-hybridized carbons (Fsp3) is 1.00. The highest BCUT2D eigenvalue weighted by Gasteiger charge is 2.27. The summed E-state index contributed by atoms with van der Waals surface area (Å²) in [5.41, 5.74) is 4.93. The van der Waals surface area contributed by atoms with Crippen molar-refractivity contribution in [2.75, 3.05) is 27.3 Å². The van der Waals surface area contributed by atoms with E-state index in [2.05, 4.69) is 5.32 Å². The molecule has 0 bridgehead atoms. The molecule has 1 unspecified atom stereocenters. The van der Waals surface area contributed by atoms with Gasteiger partial charge in [0.1, 0.15) is 0 Å². The Morgan fingerprint density at radius 1 is 1.33 bits per heavy atom. The Kier molecular flexibility index (Phi) is 6.91. The standard InChI is InChI=1S/C9H20F2N2O2/c1-9(6-12,13-5-7(10)11)4-8(14-2)15-3/h7-8,13H,4-6,12H2,1-3H3. The van der Waals surface area contributed by atoms with Crippen LogP contribution in [0.1, 0.15) is 13.3 Å². The summed E-state index contributed by atoms with van der Waals surface area (Å²) >= 11 is 0. The van der Waals surface area contributed by atoms with E-state index in [1.54, 1.807) is 6.92 Å². The predicted molar refractivity (Wildman–Crippen MR) is 53.9 cm³/mol. The van der Waals surface area contributed by atoms with Gasteiger partial charge in [-0.3, -0.25) is 0 Å². The van der Waals surface area contributed by atoms with Crippen LogP contribution in [-0.2, 0) is 9.47 Å². The van der Waals surface area contributed by atoms with E-state index in [9.17, 15) is 8.78 Å². The number of rotatable bonds is 8. The summed E-state index contributed by atoms with van der Waals surface area (Å²) in [6, 6.07) is 0. The highest BCUT2D eigenvalue weighted by Crippen LogP contribution is 2.14. The monoisotopic (exact) mass is 226 g/mol. The minimum Gasteiger partial charge on any atom is -0.356 e. The van der Waals surface area contributed by atoms with Gasteiger partial charge in [0.2, 0.25) is 0 Å².